The minimum atomic E-state index is -0.384. The topological polar surface area (TPSA) is 93.8 Å². The van der Waals surface area contributed by atoms with Crippen LogP contribution in [0, 0.1) is 11.3 Å². The highest BCUT2D eigenvalue weighted by Crippen LogP contribution is 2.27. The zero-order valence-electron chi connectivity index (χ0n) is 9.83. The number of benzene rings is 1. The summed E-state index contributed by atoms with van der Waals surface area (Å²) in [6.07, 6.45) is 0.889. The highest BCUT2D eigenvalue weighted by molar-refractivity contribution is 5.41. The largest absolute Gasteiger partial charge is 0.493 e. The monoisotopic (exact) mass is 243 g/mol. The van der Waals surface area contributed by atoms with E-state index in [1.54, 1.807) is 0 Å². The molecule has 0 saturated carbocycles. The number of hydrogen-bond acceptors (Lipinski definition) is 4. The van der Waals surface area contributed by atoms with Crippen LogP contribution < -0.4 is 10.1 Å². The lowest BCUT2D eigenvalue weighted by molar-refractivity contribution is 0.357. The van der Waals surface area contributed by atoms with E-state index in [2.05, 4.69) is 21.4 Å². The summed E-state index contributed by atoms with van der Waals surface area (Å²) in [7, 11) is 0. The van der Waals surface area contributed by atoms with Gasteiger partial charge in [-0.3, -0.25) is 5.32 Å². The van der Waals surface area contributed by atoms with E-state index in [4.69, 9.17) is 15.5 Å². The molecule has 1 heterocycles. The number of azide groups is 1. The number of nitrogens with zero attached hydrogens (tertiary/aromatic N) is 4. The molecular weight excluding hydrogens is 230 g/mol. The molecule has 1 unspecified atom stereocenters. The number of hydrogen-bond donors (Lipinski definition) is 1. The molecule has 0 bridgehead atoms. The SMILES string of the molecule is N#CC(NCCN=[N+]=[N-])c1ccc2c(c1)CCO2. The van der Waals surface area contributed by atoms with E-state index in [0.29, 0.717) is 19.7 Å². The second-order valence-corrected chi connectivity index (χ2v) is 3.94. The predicted octanol–water partition coefficient (Wildman–Crippen LogP) is 2.09. The summed E-state index contributed by atoms with van der Waals surface area (Å²) in [6, 6.07) is 7.60. The molecule has 1 aliphatic heterocycles. The minimum absolute atomic E-state index is 0.336. The van der Waals surface area contributed by atoms with Crippen molar-refractivity contribution in [2.75, 3.05) is 19.7 Å². The van der Waals surface area contributed by atoms with Gasteiger partial charge in [0.05, 0.1) is 12.7 Å². The van der Waals surface area contributed by atoms with Gasteiger partial charge in [0.15, 0.2) is 0 Å². The zero-order valence-corrected chi connectivity index (χ0v) is 9.83. The van der Waals surface area contributed by atoms with Crippen molar-refractivity contribution >= 4 is 0 Å². The third-order valence-electron chi connectivity index (χ3n) is 2.80. The summed E-state index contributed by atoms with van der Waals surface area (Å²) >= 11 is 0. The van der Waals surface area contributed by atoms with Gasteiger partial charge in [-0.05, 0) is 28.8 Å². The van der Waals surface area contributed by atoms with Gasteiger partial charge >= 0.3 is 0 Å². The summed E-state index contributed by atoms with van der Waals surface area (Å²) in [5.41, 5.74) is 10.2. The van der Waals surface area contributed by atoms with E-state index in [1.165, 1.54) is 0 Å². The van der Waals surface area contributed by atoms with Gasteiger partial charge in [0.1, 0.15) is 11.8 Å². The van der Waals surface area contributed by atoms with Crippen LogP contribution in [0.5, 0.6) is 5.75 Å². The summed E-state index contributed by atoms with van der Waals surface area (Å²) in [6.45, 7) is 1.53. The standard InChI is InChI=1S/C12H13N5O/c13-8-11(15-4-5-16-17-14)9-1-2-12-10(7-9)3-6-18-12/h1-2,7,11,15H,3-6H2. The van der Waals surface area contributed by atoms with E-state index < -0.39 is 0 Å². The van der Waals surface area contributed by atoms with Gasteiger partial charge < -0.3 is 4.74 Å². The maximum atomic E-state index is 9.14. The smallest absolute Gasteiger partial charge is 0.122 e. The van der Waals surface area contributed by atoms with Crippen LogP contribution in [0.3, 0.4) is 0 Å². The van der Waals surface area contributed by atoms with Crippen molar-refractivity contribution < 1.29 is 4.74 Å². The second-order valence-electron chi connectivity index (χ2n) is 3.94. The van der Waals surface area contributed by atoms with E-state index in [0.717, 1.165) is 23.3 Å². The fourth-order valence-corrected chi connectivity index (χ4v) is 1.93. The van der Waals surface area contributed by atoms with E-state index >= 15 is 0 Å². The molecule has 1 atom stereocenters. The number of fused-ring (bicyclic) bond motifs is 1. The Bertz CT molecular complexity index is 516. The Hall–Kier alpha value is -2.22. The highest BCUT2D eigenvalue weighted by atomic mass is 16.5. The van der Waals surface area contributed by atoms with Crippen molar-refractivity contribution in [1.82, 2.24) is 5.32 Å². The molecule has 0 radical (unpaired) electrons. The van der Waals surface area contributed by atoms with E-state index in [-0.39, 0.29) is 6.04 Å². The minimum Gasteiger partial charge on any atom is -0.493 e. The number of ether oxygens (including phenoxy) is 1. The molecule has 92 valence electrons. The molecule has 0 aromatic heterocycles. The van der Waals surface area contributed by atoms with Crippen LogP contribution in [0.4, 0.5) is 0 Å². The Kier molecular flexibility index (Phi) is 4.02. The lowest BCUT2D eigenvalue weighted by atomic mass is 10.0. The molecule has 0 amide bonds. The lowest BCUT2D eigenvalue weighted by Gasteiger charge is -2.11. The maximum absolute atomic E-state index is 9.14. The normalized spacial score (nSPS) is 13.9. The molecular formula is C12H13N5O. The Balaban J connectivity index is 2.04. The first-order valence-corrected chi connectivity index (χ1v) is 5.74. The van der Waals surface area contributed by atoms with Crippen LogP contribution in [-0.2, 0) is 6.42 Å². The fourth-order valence-electron chi connectivity index (χ4n) is 1.93. The van der Waals surface area contributed by atoms with Crippen LogP contribution in [0.1, 0.15) is 17.2 Å². The second kappa shape index (κ2) is 5.92. The van der Waals surface area contributed by atoms with E-state index in [9.17, 15) is 0 Å². The number of rotatable bonds is 5. The summed E-state index contributed by atoms with van der Waals surface area (Å²) in [4.78, 5) is 2.66. The molecule has 1 aromatic rings. The van der Waals surface area contributed by atoms with Gasteiger partial charge in [0.25, 0.3) is 0 Å². The first-order valence-electron chi connectivity index (χ1n) is 5.74. The van der Waals surface area contributed by atoms with Gasteiger partial charge in [-0.15, -0.1) is 0 Å². The Labute approximate surface area is 105 Å². The van der Waals surface area contributed by atoms with Crippen LogP contribution in [-0.4, -0.2) is 19.7 Å². The maximum Gasteiger partial charge on any atom is 0.122 e. The van der Waals surface area contributed by atoms with Crippen molar-refractivity contribution in [2.45, 2.75) is 12.5 Å². The Morgan fingerprint density at radius 2 is 2.50 bits per heavy atom. The number of nitriles is 1. The summed E-state index contributed by atoms with van der Waals surface area (Å²) < 4.78 is 5.42. The first-order chi connectivity index (χ1) is 8.85. The molecule has 0 fully saturated rings. The quantitative estimate of drug-likeness (QED) is 0.371. The van der Waals surface area contributed by atoms with Gasteiger partial charge in [0, 0.05) is 24.4 Å². The van der Waals surface area contributed by atoms with Crippen LogP contribution in [0.2, 0.25) is 0 Å². The predicted molar refractivity (Wildman–Crippen MR) is 66.0 cm³/mol. The van der Waals surface area contributed by atoms with Gasteiger partial charge in [-0.25, -0.2) is 0 Å². The molecule has 0 spiro atoms. The third-order valence-corrected chi connectivity index (χ3v) is 2.80. The molecule has 1 N–H and O–H groups in total. The van der Waals surface area contributed by atoms with Gasteiger partial charge in [-0.2, -0.15) is 5.26 Å². The third kappa shape index (κ3) is 2.72. The zero-order chi connectivity index (χ0) is 12.8. The van der Waals surface area contributed by atoms with E-state index in [1.807, 2.05) is 18.2 Å². The lowest BCUT2D eigenvalue weighted by Crippen LogP contribution is -2.22. The Morgan fingerprint density at radius 3 is 3.28 bits per heavy atom. The van der Waals surface area contributed by atoms with Gasteiger partial charge in [-0.1, -0.05) is 11.2 Å². The molecule has 2 rings (SSSR count). The highest BCUT2D eigenvalue weighted by Gasteiger charge is 2.16. The first kappa shape index (κ1) is 12.2. The van der Waals surface area contributed by atoms with Gasteiger partial charge in [0.2, 0.25) is 0 Å². The number of nitrogens with one attached hydrogen (secondary N) is 1. The molecule has 6 nitrogen and oxygen atoms in total. The fraction of sp³-hybridized carbons (Fsp3) is 0.417. The molecule has 0 aliphatic carbocycles. The Morgan fingerprint density at radius 1 is 1.61 bits per heavy atom. The average Bonchev–Trinajstić information content (AvgIpc) is 2.86. The molecule has 6 heteroatoms. The van der Waals surface area contributed by atoms with Crippen LogP contribution >= 0.6 is 0 Å². The average molecular weight is 243 g/mol. The molecule has 1 aromatic carbocycles. The van der Waals surface area contributed by atoms with Crippen molar-refractivity contribution in [3.05, 3.63) is 39.8 Å². The molecule has 1 aliphatic rings. The van der Waals surface area contributed by atoms with Crippen molar-refractivity contribution in [2.24, 2.45) is 5.11 Å². The summed E-state index contributed by atoms with van der Waals surface area (Å²) in [5, 5.41) is 15.6. The molecule has 18 heavy (non-hydrogen) atoms. The van der Waals surface area contributed by atoms with Crippen LogP contribution in [0.15, 0.2) is 23.3 Å². The molecule has 0 saturated heterocycles. The van der Waals surface area contributed by atoms with Crippen LogP contribution in [0.25, 0.3) is 10.4 Å². The van der Waals surface area contributed by atoms with Crippen molar-refractivity contribution in [3.63, 3.8) is 0 Å². The van der Waals surface area contributed by atoms with Crippen molar-refractivity contribution in [3.8, 4) is 11.8 Å². The summed E-state index contributed by atoms with van der Waals surface area (Å²) in [5.74, 6) is 0.907. The van der Waals surface area contributed by atoms with Crippen molar-refractivity contribution in [1.29, 1.82) is 5.26 Å².